The summed E-state index contributed by atoms with van der Waals surface area (Å²) in [6, 6.07) is -0.896. The third-order valence-electron chi connectivity index (χ3n) is 3.44. The Labute approximate surface area is 120 Å². The first-order valence-corrected chi connectivity index (χ1v) is 6.33. The number of hydrogen-bond donors (Lipinski definition) is 0. The molecule has 0 N–H and O–H groups in total. The number of ether oxygens (including phenoxy) is 2. The van der Waals surface area contributed by atoms with E-state index in [0.717, 1.165) is 0 Å². The van der Waals surface area contributed by atoms with Crippen molar-refractivity contribution in [2.24, 2.45) is 0 Å². The molecule has 114 valence electrons. The van der Waals surface area contributed by atoms with Gasteiger partial charge in [-0.2, -0.15) is 0 Å². The van der Waals surface area contributed by atoms with Crippen LogP contribution in [-0.4, -0.2) is 64.5 Å². The van der Waals surface area contributed by atoms with Gasteiger partial charge in [-0.1, -0.05) is 5.21 Å². The third kappa shape index (κ3) is 2.86. The first-order chi connectivity index (χ1) is 9.97. The first kappa shape index (κ1) is 14.9. The Balaban J connectivity index is 2.18. The minimum atomic E-state index is -0.650. The molecule has 0 radical (unpaired) electrons. The van der Waals surface area contributed by atoms with Crippen LogP contribution in [0.3, 0.4) is 0 Å². The number of rotatable bonds is 3. The topological polar surface area (TPSA) is 104 Å². The van der Waals surface area contributed by atoms with E-state index in [2.05, 4.69) is 15.0 Å². The van der Waals surface area contributed by atoms with Crippen LogP contribution in [0.2, 0.25) is 0 Å². The highest BCUT2D eigenvalue weighted by atomic mass is 16.5. The van der Waals surface area contributed by atoms with Crippen LogP contribution in [0.15, 0.2) is 6.20 Å². The molecule has 1 aliphatic heterocycles. The fourth-order valence-electron chi connectivity index (χ4n) is 2.37. The van der Waals surface area contributed by atoms with Crippen molar-refractivity contribution in [1.29, 1.82) is 0 Å². The quantitative estimate of drug-likeness (QED) is 0.686. The number of likely N-dealkylation sites (tertiary alicyclic amines) is 1. The SMILES string of the molecule is COC(=O)c1cn([C@H]2C[C@@H](C(=O)OC)N(C(C)=O)C2)nn1. The highest BCUT2D eigenvalue weighted by molar-refractivity contribution is 5.86. The summed E-state index contributed by atoms with van der Waals surface area (Å²) in [5.41, 5.74) is 0.0772. The number of esters is 2. The smallest absolute Gasteiger partial charge is 0.360 e. The number of amides is 1. The van der Waals surface area contributed by atoms with E-state index in [9.17, 15) is 14.4 Å². The molecule has 0 aliphatic carbocycles. The van der Waals surface area contributed by atoms with Gasteiger partial charge < -0.3 is 14.4 Å². The van der Waals surface area contributed by atoms with Gasteiger partial charge in [0, 0.05) is 19.9 Å². The molecule has 1 aromatic rings. The summed E-state index contributed by atoms with van der Waals surface area (Å²) in [6.07, 6.45) is 1.80. The van der Waals surface area contributed by atoms with Crippen LogP contribution < -0.4 is 0 Å². The van der Waals surface area contributed by atoms with Gasteiger partial charge >= 0.3 is 11.9 Å². The summed E-state index contributed by atoms with van der Waals surface area (Å²) >= 11 is 0. The third-order valence-corrected chi connectivity index (χ3v) is 3.44. The average molecular weight is 296 g/mol. The van der Waals surface area contributed by atoms with Crippen molar-refractivity contribution < 1.29 is 23.9 Å². The van der Waals surface area contributed by atoms with E-state index in [1.807, 2.05) is 0 Å². The molecule has 1 aromatic heterocycles. The average Bonchev–Trinajstić information content (AvgIpc) is 3.11. The molecule has 21 heavy (non-hydrogen) atoms. The van der Waals surface area contributed by atoms with Crippen LogP contribution in [0.1, 0.15) is 29.9 Å². The fraction of sp³-hybridized carbons (Fsp3) is 0.583. The molecule has 2 atom stereocenters. The molecular formula is C12H16N4O5. The number of aromatic nitrogens is 3. The van der Waals surface area contributed by atoms with Crippen molar-refractivity contribution in [3.8, 4) is 0 Å². The number of hydrogen-bond acceptors (Lipinski definition) is 7. The highest BCUT2D eigenvalue weighted by Gasteiger charge is 2.40. The van der Waals surface area contributed by atoms with E-state index in [1.165, 1.54) is 36.9 Å². The molecule has 1 fully saturated rings. The number of nitrogens with zero attached hydrogens (tertiary/aromatic N) is 4. The van der Waals surface area contributed by atoms with Crippen LogP contribution in [-0.2, 0) is 19.1 Å². The van der Waals surface area contributed by atoms with Gasteiger partial charge in [0.25, 0.3) is 0 Å². The Morgan fingerprint density at radius 2 is 2.00 bits per heavy atom. The minimum absolute atomic E-state index is 0.0772. The number of carbonyl (C=O) groups excluding carboxylic acids is 3. The molecule has 0 unspecified atom stereocenters. The van der Waals surface area contributed by atoms with Crippen LogP contribution >= 0.6 is 0 Å². The van der Waals surface area contributed by atoms with E-state index in [0.29, 0.717) is 13.0 Å². The van der Waals surface area contributed by atoms with Crippen LogP contribution in [0, 0.1) is 0 Å². The summed E-state index contributed by atoms with van der Waals surface area (Å²) in [6.45, 7) is 1.69. The maximum absolute atomic E-state index is 11.7. The van der Waals surface area contributed by atoms with E-state index in [4.69, 9.17) is 4.74 Å². The monoisotopic (exact) mass is 296 g/mol. The van der Waals surface area contributed by atoms with Gasteiger partial charge in [0.1, 0.15) is 6.04 Å². The van der Waals surface area contributed by atoms with Crippen molar-refractivity contribution in [2.75, 3.05) is 20.8 Å². The molecule has 1 amide bonds. The molecule has 9 nitrogen and oxygen atoms in total. The predicted molar refractivity (Wildman–Crippen MR) is 68.2 cm³/mol. The summed E-state index contributed by atoms with van der Waals surface area (Å²) in [5, 5.41) is 7.57. The molecule has 1 aliphatic rings. The van der Waals surface area contributed by atoms with E-state index in [1.54, 1.807) is 0 Å². The Morgan fingerprint density at radius 3 is 2.57 bits per heavy atom. The maximum Gasteiger partial charge on any atom is 0.360 e. The van der Waals surface area contributed by atoms with E-state index in [-0.39, 0.29) is 17.6 Å². The van der Waals surface area contributed by atoms with Crippen molar-refractivity contribution in [3.05, 3.63) is 11.9 Å². The zero-order valence-electron chi connectivity index (χ0n) is 12.0. The Hall–Kier alpha value is -2.45. The minimum Gasteiger partial charge on any atom is -0.467 e. The molecular weight excluding hydrogens is 280 g/mol. The van der Waals surface area contributed by atoms with Gasteiger partial charge in [0.2, 0.25) is 5.91 Å². The second-order valence-electron chi connectivity index (χ2n) is 4.68. The van der Waals surface area contributed by atoms with Gasteiger partial charge in [-0.3, -0.25) is 4.79 Å². The lowest BCUT2D eigenvalue weighted by Gasteiger charge is -2.20. The number of methoxy groups -OCH3 is 2. The normalized spacial score (nSPS) is 21.2. The Bertz CT molecular complexity index is 570. The number of carbonyl (C=O) groups is 3. The van der Waals surface area contributed by atoms with Gasteiger partial charge in [0.15, 0.2) is 5.69 Å². The molecule has 0 aromatic carbocycles. The van der Waals surface area contributed by atoms with Crippen molar-refractivity contribution >= 4 is 17.8 Å². The zero-order valence-corrected chi connectivity index (χ0v) is 12.0. The van der Waals surface area contributed by atoms with E-state index < -0.39 is 18.0 Å². The fourth-order valence-corrected chi connectivity index (χ4v) is 2.37. The van der Waals surface area contributed by atoms with Gasteiger partial charge in [-0.15, -0.1) is 5.10 Å². The Kier molecular flexibility index (Phi) is 4.20. The van der Waals surface area contributed by atoms with Gasteiger partial charge in [-0.25, -0.2) is 14.3 Å². The lowest BCUT2D eigenvalue weighted by molar-refractivity contribution is -0.150. The van der Waals surface area contributed by atoms with Gasteiger partial charge in [0.05, 0.1) is 26.5 Å². The predicted octanol–water partition coefficient (Wildman–Crippen LogP) is -0.600. The second-order valence-corrected chi connectivity index (χ2v) is 4.68. The molecule has 0 bridgehead atoms. The van der Waals surface area contributed by atoms with Crippen LogP contribution in [0.4, 0.5) is 0 Å². The summed E-state index contributed by atoms with van der Waals surface area (Å²) in [5.74, 6) is -1.28. The lowest BCUT2D eigenvalue weighted by atomic mass is 10.2. The van der Waals surface area contributed by atoms with E-state index >= 15 is 0 Å². The standard InChI is InChI=1S/C12H16N4O5/c1-7(17)15-5-8(4-10(15)12(19)21-3)16-6-9(13-14-16)11(18)20-2/h6,8,10H,4-5H2,1-3H3/t8-,10-/m0/s1. The molecule has 1 saturated heterocycles. The van der Waals surface area contributed by atoms with Crippen molar-refractivity contribution in [1.82, 2.24) is 19.9 Å². The highest BCUT2D eigenvalue weighted by Crippen LogP contribution is 2.27. The Morgan fingerprint density at radius 1 is 1.29 bits per heavy atom. The maximum atomic E-state index is 11.7. The summed E-state index contributed by atoms with van der Waals surface area (Å²) in [4.78, 5) is 36.1. The molecule has 2 heterocycles. The second kappa shape index (κ2) is 5.90. The molecule has 9 heteroatoms. The summed E-state index contributed by atoms with van der Waals surface area (Å²) < 4.78 is 10.7. The molecule has 0 saturated carbocycles. The van der Waals surface area contributed by atoms with Crippen molar-refractivity contribution in [3.63, 3.8) is 0 Å². The van der Waals surface area contributed by atoms with Crippen LogP contribution in [0.5, 0.6) is 0 Å². The first-order valence-electron chi connectivity index (χ1n) is 6.33. The lowest BCUT2D eigenvalue weighted by Crippen LogP contribution is -2.39. The van der Waals surface area contributed by atoms with Gasteiger partial charge in [-0.05, 0) is 0 Å². The zero-order chi connectivity index (χ0) is 15.6. The van der Waals surface area contributed by atoms with Crippen molar-refractivity contribution in [2.45, 2.75) is 25.4 Å². The molecule has 2 rings (SSSR count). The summed E-state index contributed by atoms with van der Waals surface area (Å²) in [7, 11) is 2.53. The molecule has 0 spiro atoms. The van der Waals surface area contributed by atoms with Crippen LogP contribution in [0.25, 0.3) is 0 Å². The largest absolute Gasteiger partial charge is 0.467 e.